The molecule has 0 atom stereocenters. The Balaban J connectivity index is 3.10. The molecule has 0 spiro atoms. The monoisotopic (exact) mass is 230 g/mol. The topological polar surface area (TPSA) is 27.7 Å². The predicted octanol–water partition coefficient (Wildman–Crippen LogP) is 1.35. The summed E-state index contributed by atoms with van der Waals surface area (Å²) in [6.07, 6.45) is 0. The van der Waals surface area contributed by atoms with Crippen LogP contribution in [0.1, 0.15) is 6.92 Å². The van der Waals surface area contributed by atoms with Gasteiger partial charge in [-0.15, -0.1) is 0 Å². The summed E-state index contributed by atoms with van der Waals surface area (Å²) in [5.74, 6) is -2.16. The van der Waals surface area contributed by atoms with Crippen LogP contribution in [0.2, 0.25) is 0 Å². The molecule has 0 N–H and O–H groups in total. The van der Waals surface area contributed by atoms with E-state index in [0.717, 1.165) is 0 Å². The van der Waals surface area contributed by atoms with Crippen molar-refractivity contribution in [3.63, 3.8) is 0 Å². The van der Waals surface area contributed by atoms with Gasteiger partial charge in [0.25, 0.3) is 0 Å². The van der Waals surface area contributed by atoms with Gasteiger partial charge < -0.3 is 14.0 Å². The largest absolute Gasteiger partial charge is 0.496 e. The average Bonchev–Trinajstić information content (AvgIpc) is 2.29. The zero-order valence-corrected chi connectivity index (χ0v) is 9.42. The molecule has 0 unspecified atom stereocenters. The Morgan fingerprint density at radius 1 is 1.12 bits per heavy atom. The molecule has 0 bridgehead atoms. The Labute approximate surface area is 93.5 Å². The highest BCUT2D eigenvalue weighted by Crippen LogP contribution is 2.18. The molecule has 1 aromatic carbocycles. The minimum Gasteiger partial charge on any atom is -0.491 e. The molecular weight excluding hydrogens is 217 g/mol. The third kappa shape index (κ3) is 2.51. The van der Waals surface area contributed by atoms with Gasteiger partial charge in [-0.1, -0.05) is 6.07 Å². The van der Waals surface area contributed by atoms with Gasteiger partial charge in [0.2, 0.25) is 0 Å². The van der Waals surface area contributed by atoms with Gasteiger partial charge in [0.05, 0.1) is 6.61 Å². The molecule has 0 aromatic heterocycles. The summed E-state index contributed by atoms with van der Waals surface area (Å²) >= 11 is 0. The van der Waals surface area contributed by atoms with E-state index in [9.17, 15) is 8.78 Å². The molecule has 6 heteroatoms. The summed E-state index contributed by atoms with van der Waals surface area (Å²) in [5, 5.41) is 0. The van der Waals surface area contributed by atoms with Crippen molar-refractivity contribution in [1.29, 1.82) is 0 Å². The van der Waals surface area contributed by atoms with E-state index in [0.29, 0.717) is 0 Å². The maximum Gasteiger partial charge on any atom is 0.496 e. The number of ether oxygens (including phenoxy) is 1. The van der Waals surface area contributed by atoms with Crippen LogP contribution in [0.15, 0.2) is 12.1 Å². The Kier molecular flexibility index (Phi) is 4.70. The van der Waals surface area contributed by atoms with Crippen molar-refractivity contribution in [2.24, 2.45) is 0 Å². The molecule has 0 aliphatic rings. The molecule has 1 aromatic rings. The average molecular weight is 230 g/mol. The maximum atomic E-state index is 13.6. The fourth-order valence-electron chi connectivity index (χ4n) is 1.35. The Morgan fingerprint density at radius 2 is 1.75 bits per heavy atom. The van der Waals surface area contributed by atoms with Gasteiger partial charge in [0.1, 0.15) is 0 Å². The van der Waals surface area contributed by atoms with E-state index >= 15 is 0 Å². The first-order chi connectivity index (χ1) is 7.65. The summed E-state index contributed by atoms with van der Waals surface area (Å²) in [6.45, 7) is 1.96. The van der Waals surface area contributed by atoms with Crippen LogP contribution in [-0.2, 0) is 9.31 Å². The first kappa shape index (κ1) is 12.9. The van der Waals surface area contributed by atoms with Gasteiger partial charge in [0.15, 0.2) is 17.4 Å². The van der Waals surface area contributed by atoms with Gasteiger partial charge in [-0.25, -0.2) is 4.39 Å². The lowest BCUT2D eigenvalue weighted by Crippen LogP contribution is -2.37. The highest BCUT2D eigenvalue weighted by molar-refractivity contribution is 6.61. The van der Waals surface area contributed by atoms with Crippen molar-refractivity contribution in [3.05, 3.63) is 23.8 Å². The van der Waals surface area contributed by atoms with Crippen molar-refractivity contribution >= 4 is 12.6 Å². The van der Waals surface area contributed by atoms with E-state index in [2.05, 4.69) is 0 Å². The van der Waals surface area contributed by atoms with E-state index in [1.807, 2.05) is 0 Å². The van der Waals surface area contributed by atoms with E-state index in [4.69, 9.17) is 14.0 Å². The Morgan fingerprint density at radius 3 is 2.25 bits per heavy atom. The second-order valence-corrected chi connectivity index (χ2v) is 3.02. The Bertz CT molecular complexity index is 356. The summed E-state index contributed by atoms with van der Waals surface area (Å²) in [7, 11) is 1.77. The third-order valence-corrected chi connectivity index (χ3v) is 2.06. The van der Waals surface area contributed by atoms with E-state index < -0.39 is 18.8 Å². The van der Waals surface area contributed by atoms with E-state index in [-0.39, 0.29) is 17.8 Å². The Hall–Kier alpha value is -1.14. The molecule has 88 valence electrons. The van der Waals surface area contributed by atoms with Crippen LogP contribution in [0.4, 0.5) is 8.78 Å². The van der Waals surface area contributed by atoms with Crippen LogP contribution in [-0.4, -0.2) is 27.9 Å². The van der Waals surface area contributed by atoms with Gasteiger partial charge in [0, 0.05) is 19.7 Å². The molecule has 0 heterocycles. The fraction of sp³-hybridized carbons (Fsp3) is 0.400. The number of hydrogen-bond donors (Lipinski definition) is 0. The third-order valence-electron chi connectivity index (χ3n) is 2.06. The molecule has 0 fully saturated rings. The molecule has 0 aliphatic heterocycles. The van der Waals surface area contributed by atoms with Crippen LogP contribution < -0.4 is 10.2 Å². The minimum atomic E-state index is -1.03. The first-order valence-corrected chi connectivity index (χ1v) is 4.82. The molecule has 0 radical (unpaired) electrons. The van der Waals surface area contributed by atoms with Crippen molar-refractivity contribution in [2.45, 2.75) is 6.92 Å². The van der Waals surface area contributed by atoms with Crippen molar-refractivity contribution in [1.82, 2.24) is 0 Å². The van der Waals surface area contributed by atoms with Crippen LogP contribution in [0.25, 0.3) is 0 Å². The number of benzene rings is 1. The second kappa shape index (κ2) is 5.82. The SMILES string of the molecule is CCOc1ccc(B(OC)OC)c(F)c1F. The van der Waals surface area contributed by atoms with Crippen LogP contribution in [0.3, 0.4) is 0 Å². The zero-order chi connectivity index (χ0) is 12.1. The molecule has 0 saturated heterocycles. The molecule has 0 amide bonds. The van der Waals surface area contributed by atoms with Crippen LogP contribution in [0, 0.1) is 11.6 Å². The highest BCUT2D eigenvalue weighted by atomic mass is 19.2. The number of halogens is 2. The van der Waals surface area contributed by atoms with Crippen molar-refractivity contribution in [2.75, 3.05) is 20.8 Å². The minimum absolute atomic E-state index is 0.00551. The van der Waals surface area contributed by atoms with Gasteiger partial charge in [-0.2, -0.15) is 4.39 Å². The van der Waals surface area contributed by atoms with Gasteiger partial charge in [-0.05, 0) is 13.0 Å². The fourth-order valence-corrected chi connectivity index (χ4v) is 1.35. The molecule has 1 rings (SSSR count). The molecular formula is C10H13BF2O3. The normalized spacial score (nSPS) is 10.3. The van der Waals surface area contributed by atoms with Gasteiger partial charge in [-0.3, -0.25) is 0 Å². The van der Waals surface area contributed by atoms with Crippen LogP contribution >= 0.6 is 0 Å². The predicted molar refractivity (Wildman–Crippen MR) is 56.9 cm³/mol. The number of hydrogen-bond acceptors (Lipinski definition) is 3. The second-order valence-electron chi connectivity index (χ2n) is 3.02. The lowest BCUT2D eigenvalue weighted by atomic mass is 9.78. The van der Waals surface area contributed by atoms with Crippen molar-refractivity contribution < 1.29 is 22.8 Å². The van der Waals surface area contributed by atoms with Crippen LogP contribution in [0.5, 0.6) is 5.75 Å². The first-order valence-electron chi connectivity index (χ1n) is 4.82. The number of rotatable bonds is 5. The standard InChI is InChI=1S/C10H13BF2O3/c1-4-16-8-6-5-7(9(12)10(8)13)11(14-2)15-3/h5-6H,4H2,1-3H3. The molecule has 16 heavy (non-hydrogen) atoms. The molecule has 3 nitrogen and oxygen atoms in total. The van der Waals surface area contributed by atoms with E-state index in [1.165, 1.54) is 26.4 Å². The van der Waals surface area contributed by atoms with Gasteiger partial charge >= 0.3 is 7.12 Å². The quantitative estimate of drug-likeness (QED) is 0.714. The van der Waals surface area contributed by atoms with E-state index in [1.54, 1.807) is 6.92 Å². The highest BCUT2D eigenvalue weighted by Gasteiger charge is 2.26. The molecule has 0 aliphatic carbocycles. The molecule has 0 saturated carbocycles. The van der Waals surface area contributed by atoms with Crippen molar-refractivity contribution in [3.8, 4) is 5.75 Å². The maximum absolute atomic E-state index is 13.6. The lowest BCUT2D eigenvalue weighted by Gasteiger charge is -2.12. The summed E-state index contributed by atoms with van der Waals surface area (Å²) < 4.78 is 41.7. The summed E-state index contributed by atoms with van der Waals surface area (Å²) in [6, 6.07) is 2.73. The lowest BCUT2D eigenvalue weighted by molar-refractivity contribution is 0.288. The smallest absolute Gasteiger partial charge is 0.491 e. The zero-order valence-electron chi connectivity index (χ0n) is 9.42. The summed E-state index contributed by atoms with van der Waals surface area (Å²) in [5.41, 5.74) is 0.00551. The summed E-state index contributed by atoms with van der Waals surface area (Å²) in [4.78, 5) is 0.